The molecule has 0 saturated carbocycles. The van der Waals surface area contributed by atoms with Gasteiger partial charge in [-0.3, -0.25) is 0 Å². The Morgan fingerprint density at radius 2 is 1.07 bits per heavy atom. The summed E-state index contributed by atoms with van der Waals surface area (Å²) >= 11 is 0. The van der Waals surface area contributed by atoms with Crippen LogP contribution in [0.1, 0.15) is 20.8 Å². The van der Waals surface area contributed by atoms with Gasteiger partial charge in [0.15, 0.2) is 0 Å². The molecule has 14 heavy (non-hydrogen) atoms. The van der Waals surface area contributed by atoms with Gasteiger partial charge in [0.05, 0.1) is 13.2 Å². The Bertz CT molecular complexity index is 60.9. The second kappa shape index (κ2) is 23.0. The first-order valence-corrected chi connectivity index (χ1v) is 5.02. The lowest BCUT2D eigenvalue weighted by Crippen LogP contribution is -2.21. The molecule has 0 fully saturated rings. The second-order valence-electron chi connectivity index (χ2n) is 2.47. The molecule has 0 aliphatic rings. The van der Waals surface area contributed by atoms with Crippen LogP contribution in [0.25, 0.3) is 0 Å². The molecule has 0 aliphatic heterocycles. The molecule has 0 aromatic rings. The van der Waals surface area contributed by atoms with E-state index in [0.29, 0.717) is 0 Å². The van der Waals surface area contributed by atoms with Crippen molar-refractivity contribution in [1.82, 2.24) is 4.90 Å². The van der Waals surface area contributed by atoms with E-state index < -0.39 is 0 Å². The maximum absolute atomic E-state index is 7.62. The van der Waals surface area contributed by atoms with Crippen molar-refractivity contribution in [2.24, 2.45) is 0 Å². The third-order valence-electron chi connectivity index (χ3n) is 1.44. The molecule has 0 heterocycles. The van der Waals surface area contributed by atoms with Gasteiger partial charge in [0, 0.05) is 14.2 Å². The molecule has 0 unspecified atom stereocenters. The van der Waals surface area contributed by atoms with E-state index in [1.165, 1.54) is 19.6 Å². The number of ether oxygens (including phenoxy) is 1. The minimum atomic E-state index is -0.125. The van der Waals surface area contributed by atoms with Gasteiger partial charge < -0.3 is 19.8 Å². The number of nitrogens with zero attached hydrogens (tertiary/aromatic N) is 1. The molecule has 0 amide bonds. The van der Waals surface area contributed by atoms with Gasteiger partial charge in [-0.25, -0.2) is 0 Å². The second-order valence-corrected chi connectivity index (χ2v) is 2.47. The monoisotopic (exact) mass is 209 g/mol. The number of rotatable bonds is 4. The Labute approximate surface area is 88.5 Å². The molecule has 0 aromatic heterocycles. The SMILES string of the molecule is CCN(CC)CC.COC.OCCO. The van der Waals surface area contributed by atoms with Crippen LogP contribution in [0.4, 0.5) is 0 Å². The first-order valence-electron chi connectivity index (χ1n) is 5.02. The normalized spacial score (nSPS) is 8.57. The van der Waals surface area contributed by atoms with Crippen molar-refractivity contribution in [2.45, 2.75) is 20.8 Å². The Morgan fingerprint density at radius 1 is 0.857 bits per heavy atom. The van der Waals surface area contributed by atoms with Gasteiger partial charge in [-0.15, -0.1) is 0 Å². The van der Waals surface area contributed by atoms with Crippen LogP contribution in [0.5, 0.6) is 0 Å². The van der Waals surface area contributed by atoms with E-state index in [9.17, 15) is 0 Å². The van der Waals surface area contributed by atoms with E-state index in [0.717, 1.165) is 0 Å². The predicted octanol–water partition coefficient (Wildman–Crippen LogP) is 0.582. The Morgan fingerprint density at radius 3 is 1.07 bits per heavy atom. The van der Waals surface area contributed by atoms with Crippen LogP contribution >= 0.6 is 0 Å². The quantitative estimate of drug-likeness (QED) is 0.711. The summed E-state index contributed by atoms with van der Waals surface area (Å²) in [7, 11) is 3.25. The number of methoxy groups -OCH3 is 1. The summed E-state index contributed by atoms with van der Waals surface area (Å²) in [5.41, 5.74) is 0. The summed E-state index contributed by atoms with van der Waals surface area (Å²) in [4.78, 5) is 2.38. The van der Waals surface area contributed by atoms with Crippen molar-refractivity contribution in [1.29, 1.82) is 0 Å². The molecular formula is C10H27NO3. The van der Waals surface area contributed by atoms with Gasteiger partial charge in [-0.05, 0) is 19.6 Å². The maximum atomic E-state index is 7.62. The zero-order valence-corrected chi connectivity index (χ0v) is 10.3. The molecule has 0 radical (unpaired) electrons. The highest BCUT2D eigenvalue weighted by molar-refractivity contribution is 4.43. The third-order valence-corrected chi connectivity index (χ3v) is 1.44. The highest BCUT2D eigenvalue weighted by Crippen LogP contribution is 1.81. The van der Waals surface area contributed by atoms with Crippen LogP contribution in [0.3, 0.4) is 0 Å². The number of aliphatic hydroxyl groups is 2. The molecule has 90 valence electrons. The van der Waals surface area contributed by atoms with E-state index in [2.05, 4.69) is 30.4 Å². The first-order chi connectivity index (χ1) is 6.67. The average molecular weight is 209 g/mol. The summed E-state index contributed by atoms with van der Waals surface area (Å²) in [6.07, 6.45) is 0. The standard InChI is InChI=1S/C6H15N.C2H6O2.C2H6O/c1-4-7(5-2)6-3;3-1-2-4;1-3-2/h4-6H2,1-3H3;3-4H,1-2H2;1-2H3. The zero-order chi connectivity index (χ0) is 11.8. The lowest BCUT2D eigenvalue weighted by Gasteiger charge is -2.13. The topological polar surface area (TPSA) is 52.9 Å². The summed E-state index contributed by atoms with van der Waals surface area (Å²) < 4.78 is 4.25. The average Bonchev–Trinajstić information content (AvgIpc) is 2.22. The predicted molar refractivity (Wildman–Crippen MR) is 60.6 cm³/mol. The molecule has 4 nitrogen and oxygen atoms in total. The summed E-state index contributed by atoms with van der Waals surface area (Å²) in [6, 6.07) is 0. The fourth-order valence-corrected chi connectivity index (χ4v) is 0.671. The number of aliphatic hydroxyl groups excluding tert-OH is 2. The molecule has 2 N–H and O–H groups in total. The van der Waals surface area contributed by atoms with Crippen LogP contribution in [0.15, 0.2) is 0 Å². The van der Waals surface area contributed by atoms with Gasteiger partial charge in [0.25, 0.3) is 0 Å². The Hall–Kier alpha value is -0.160. The van der Waals surface area contributed by atoms with Crippen LogP contribution in [-0.2, 0) is 4.74 Å². The highest BCUT2D eigenvalue weighted by Gasteiger charge is 1.89. The van der Waals surface area contributed by atoms with Gasteiger partial charge in [-0.2, -0.15) is 0 Å². The zero-order valence-electron chi connectivity index (χ0n) is 10.3. The summed E-state index contributed by atoms with van der Waals surface area (Å²) in [5.74, 6) is 0. The van der Waals surface area contributed by atoms with Crippen LogP contribution < -0.4 is 0 Å². The van der Waals surface area contributed by atoms with Gasteiger partial charge >= 0.3 is 0 Å². The largest absolute Gasteiger partial charge is 0.394 e. The molecule has 0 spiro atoms. The lowest BCUT2D eigenvalue weighted by atomic mass is 10.5. The van der Waals surface area contributed by atoms with E-state index in [1.54, 1.807) is 14.2 Å². The molecule has 4 heteroatoms. The molecule has 0 aliphatic carbocycles. The van der Waals surface area contributed by atoms with Gasteiger partial charge in [0.1, 0.15) is 0 Å². The number of hydrogen-bond donors (Lipinski definition) is 2. The van der Waals surface area contributed by atoms with Gasteiger partial charge in [0.2, 0.25) is 0 Å². The minimum Gasteiger partial charge on any atom is -0.394 e. The van der Waals surface area contributed by atoms with Crippen LogP contribution in [-0.4, -0.2) is 62.2 Å². The molecule has 0 rings (SSSR count). The lowest BCUT2D eigenvalue weighted by molar-refractivity contribution is 0.186. The van der Waals surface area contributed by atoms with E-state index in [4.69, 9.17) is 10.2 Å². The van der Waals surface area contributed by atoms with Crippen molar-refractivity contribution < 1.29 is 14.9 Å². The summed E-state index contributed by atoms with van der Waals surface area (Å²) in [5, 5.41) is 15.2. The molecule has 0 saturated heterocycles. The number of hydrogen-bond acceptors (Lipinski definition) is 4. The molecule has 0 aromatic carbocycles. The fraction of sp³-hybridized carbons (Fsp3) is 1.00. The van der Waals surface area contributed by atoms with E-state index in [-0.39, 0.29) is 13.2 Å². The molecule has 0 bridgehead atoms. The van der Waals surface area contributed by atoms with Crippen molar-refractivity contribution in [3.8, 4) is 0 Å². The summed E-state index contributed by atoms with van der Waals surface area (Å²) in [6.45, 7) is 9.88. The molecular weight excluding hydrogens is 182 g/mol. The third kappa shape index (κ3) is 29.7. The van der Waals surface area contributed by atoms with Crippen molar-refractivity contribution in [3.05, 3.63) is 0 Å². The molecule has 0 atom stereocenters. The first kappa shape index (κ1) is 19.4. The Balaban J connectivity index is -0.000000147. The fourth-order valence-electron chi connectivity index (χ4n) is 0.671. The highest BCUT2D eigenvalue weighted by atomic mass is 16.4. The van der Waals surface area contributed by atoms with Crippen LogP contribution in [0, 0.1) is 0 Å². The van der Waals surface area contributed by atoms with Crippen molar-refractivity contribution in [2.75, 3.05) is 47.1 Å². The van der Waals surface area contributed by atoms with Crippen molar-refractivity contribution in [3.63, 3.8) is 0 Å². The smallest absolute Gasteiger partial charge is 0.0662 e. The minimum absolute atomic E-state index is 0.125. The van der Waals surface area contributed by atoms with Crippen LogP contribution in [0.2, 0.25) is 0 Å². The van der Waals surface area contributed by atoms with Gasteiger partial charge in [-0.1, -0.05) is 20.8 Å². The Kier molecular flexibility index (Phi) is 31.9. The van der Waals surface area contributed by atoms with Crippen molar-refractivity contribution >= 4 is 0 Å². The maximum Gasteiger partial charge on any atom is 0.0662 e. The van der Waals surface area contributed by atoms with E-state index >= 15 is 0 Å². The van der Waals surface area contributed by atoms with E-state index in [1.807, 2.05) is 0 Å².